The molecule has 0 aliphatic rings. The molecule has 326 valence electrons. The molecule has 0 saturated heterocycles. The fourth-order valence-corrected chi connectivity index (χ4v) is 7.45. The molecule has 0 aliphatic carbocycles. The van der Waals surface area contributed by atoms with Crippen LogP contribution in [0.4, 0.5) is 0 Å². The maximum atomic E-state index is 12.6. The van der Waals surface area contributed by atoms with Crippen molar-refractivity contribution < 1.29 is 37.6 Å². The lowest BCUT2D eigenvalue weighted by atomic mass is 10.0. The molecule has 0 bridgehead atoms. The summed E-state index contributed by atoms with van der Waals surface area (Å²) in [6.07, 6.45) is 43.8. The van der Waals surface area contributed by atoms with Crippen molar-refractivity contribution in [1.29, 1.82) is 0 Å². The average Bonchev–Trinajstić information content (AvgIpc) is 3.17. The molecule has 2 atom stereocenters. The number of esters is 2. The summed E-state index contributed by atoms with van der Waals surface area (Å²) in [6.45, 7) is 3.76. The van der Waals surface area contributed by atoms with E-state index in [1.807, 2.05) is 0 Å². The quantitative estimate of drug-likeness (QED) is 0.0267. The molecular weight excluding hydrogens is 713 g/mol. The highest BCUT2D eigenvalue weighted by molar-refractivity contribution is 7.47. The number of phosphoric ester groups is 1. The number of allylic oxidation sites excluding steroid dienone is 2. The average molecular weight is 802 g/mol. The Morgan fingerprint density at radius 3 is 1.29 bits per heavy atom. The molecule has 0 rings (SSSR count). The zero-order valence-electron chi connectivity index (χ0n) is 35.9. The number of nitrogens with two attached hydrogens (primary N) is 1. The van der Waals surface area contributed by atoms with Gasteiger partial charge in [0.2, 0.25) is 0 Å². The lowest BCUT2D eigenvalue weighted by molar-refractivity contribution is -0.161. The van der Waals surface area contributed by atoms with Gasteiger partial charge in [0.15, 0.2) is 6.10 Å². The third-order valence-corrected chi connectivity index (χ3v) is 11.1. The van der Waals surface area contributed by atoms with E-state index < -0.39 is 26.5 Å². The summed E-state index contributed by atoms with van der Waals surface area (Å²) in [5, 5.41) is 0. The number of unbranched alkanes of at least 4 members (excludes halogenated alkanes) is 29. The second-order valence-corrected chi connectivity index (χ2v) is 17.1. The van der Waals surface area contributed by atoms with E-state index in [0.717, 1.165) is 32.1 Å². The van der Waals surface area contributed by atoms with Crippen LogP contribution in [0, 0.1) is 0 Å². The summed E-state index contributed by atoms with van der Waals surface area (Å²) in [7, 11) is -4.37. The van der Waals surface area contributed by atoms with Gasteiger partial charge in [0, 0.05) is 19.4 Å². The van der Waals surface area contributed by atoms with Crippen molar-refractivity contribution in [1.82, 2.24) is 0 Å². The van der Waals surface area contributed by atoms with Gasteiger partial charge in [-0.1, -0.05) is 193 Å². The first-order valence-electron chi connectivity index (χ1n) is 23.2. The van der Waals surface area contributed by atoms with Gasteiger partial charge in [-0.2, -0.15) is 0 Å². The van der Waals surface area contributed by atoms with E-state index in [2.05, 4.69) is 26.0 Å². The van der Waals surface area contributed by atoms with Crippen LogP contribution < -0.4 is 5.73 Å². The van der Waals surface area contributed by atoms with E-state index in [1.165, 1.54) is 167 Å². The standard InChI is InChI=1S/C45H88NO8P/c1-3-5-7-9-11-13-15-17-19-21-23-25-27-29-31-33-35-37-44(47)51-41-43(42-53-55(49,50)52-40-39-46)54-45(48)38-36-34-32-30-28-26-24-22-20-18-16-14-12-10-8-6-4-2/h17,19,43H,3-16,18,20-42,46H2,1-2H3,(H,49,50). The van der Waals surface area contributed by atoms with Crippen LogP contribution in [0.1, 0.15) is 232 Å². The Bertz CT molecular complexity index is 917. The number of hydrogen-bond donors (Lipinski definition) is 2. The van der Waals surface area contributed by atoms with Crippen molar-refractivity contribution in [3.05, 3.63) is 12.2 Å². The minimum absolute atomic E-state index is 0.0558. The second-order valence-electron chi connectivity index (χ2n) is 15.6. The van der Waals surface area contributed by atoms with Crippen LogP contribution in [-0.4, -0.2) is 49.3 Å². The minimum atomic E-state index is -4.37. The topological polar surface area (TPSA) is 134 Å². The highest BCUT2D eigenvalue weighted by Crippen LogP contribution is 2.43. The summed E-state index contributed by atoms with van der Waals surface area (Å²) in [5.74, 6) is -0.820. The molecule has 9 nitrogen and oxygen atoms in total. The summed E-state index contributed by atoms with van der Waals surface area (Å²) < 4.78 is 32.8. The van der Waals surface area contributed by atoms with Crippen LogP contribution in [0.15, 0.2) is 12.2 Å². The maximum absolute atomic E-state index is 12.6. The van der Waals surface area contributed by atoms with Gasteiger partial charge in [-0.15, -0.1) is 0 Å². The molecule has 0 spiro atoms. The van der Waals surface area contributed by atoms with Gasteiger partial charge in [-0.3, -0.25) is 18.6 Å². The van der Waals surface area contributed by atoms with Gasteiger partial charge in [0.1, 0.15) is 6.61 Å². The molecule has 0 aliphatic heterocycles. The molecule has 0 aromatic heterocycles. The Labute approximate surface area is 339 Å². The van der Waals surface area contributed by atoms with E-state index in [-0.39, 0.29) is 38.6 Å². The van der Waals surface area contributed by atoms with Gasteiger partial charge in [0.25, 0.3) is 0 Å². The Morgan fingerprint density at radius 2 is 0.891 bits per heavy atom. The van der Waals surface area contributed by atoms with Gasteiger partial charge < -0.3 is 20.1 Å². The number of ether oxygens (including phenoxy) is 2. The van der Waals surface area contributed by atoms with Crippen molar-refractivity contribution in [3.8, 4) is 0 Å². The lowest BCUT2D eigenvalue weighted by Crippen LogP contribution is -2.29. The number of carbonyl (C=O) groups excluding carboxylic acids is 2. The highest BCUT2D eigenvalue weighted by atomic mass is 31.2. The molecule has 3 N–H and O–H groups in total. The third-order valence-electron chi connectivity index (χ3n) is 10.2. The van der Waals surface area contributed by atoms with Gasteiger partial charge in [-0.25, -0.2) is 4.57 Å². The number of carbonyl (C=O) groups is 2. The lowest BCUT2D eigenvalue weighted by Gasteiger charge is -2.19. The molecule has 0 aromatic rings. The largest absolute Gasteiger partial charge is 0.472 e. The Morgan fingerprint density at radius 1 is 0.527 bits per heavy atom. The summed E-state index contributed by atoms with van der Waals surface area (Å²) in [6, 6.07) is 0. The van der Waals surface area contributed by atoms with Crippen molar-refractivity contribution >= 4 is 19.8 Å². The Kier molecular flexibility index (Phi) is 41.4. The van der Waals surface area contributed by atoms with Crippen molar-refractivity contribution in [2.75, 3.05) is 26.4 Å². The predicted molar refractivity (Wildman–Crippen MR) is 229 cm³/mol. The summed E-state index contributed by atoms with van der Waals surface area (Å²) >= 11 is 0. The van der Waals surface area contributed by atoms with Crippen LogP contribution in [0.2, 0.25) is 0 Å². The zero-order chi connectivity index (χ0) is 40.3. The van der Waals surface area contributed by atoms with Gasteiger partial charge >= 0.3 is 19.8 Å². The third kappa shape index (κ3) is 42.2. The summed E-state index contributed by atoms with van der Waals surface area (Å²) in [4.78, 5) is 34.9. The first-order valence-corrected chi connectivity index (χ1v) is 24.7. The molecule has 0 aromatic carbocycles. The number of rotatable bonds is 44. The monoisotopic (exact) mass is 802 g/mol. The molecule has 0 heterocycles. The van der Waals surface area contributed by atoms with Crippen LogP contribution in [0.25, 0.3) is 0 Å². The fraction of sp³-hybridized carbons (Fsp3) is 0.911. The summed E-state index contributed by atoms with van der Waals surface area (Å²) in [5.41, 5.74) is 5.35. The normalized spacial score (nSPS) is 13.3. The zero-order valence-corrected chi connectivity index (χ0v) is 36.8. The van der Waals surface area contributed by atoms with Crippen molar-refractivity contribution in [2.24, 2.45) is 5.73 Å². The second kappa shape index (κ2) is 42.4. The molecular formula is C45H88NO8P. The molecule has 55 heavy (non-hydrogen) atoms. The van der Waals surface area contributed by atoms with Crippen LogP contribution in [-0.2, 0) is 32.7 Å². The first-order chi connectivity index (χ1) is 26.8. The predicted octanol–water partition coefficient (Wildman–Crippen LogP) is 13.4. The van der Waals surface area contributed by atoms with Crippen LogP contribution in [0.3, 0.4) is 0 Å². The molecule has 0 saturated carbocycles. The number of hydrogen-bond acceptors (Lipinski definition) is 8. The van der Waals surface area contributed by atoms with Gasteiger partial charge in [0.05, 0.1) is 13.2 Å². The molecule has 10 heteroatoms. The Balaban J connectivity index is 4.08. The van der Waals surface area contributed by atoms with Crippen molar-refractivity contribution in [3.63, 3.8) is 0 Å². The molecule has 0 fully saturated rings. The van der Waals surface area contributed by atoms with Crippen molar-refractivity contribution in [2.45, 2.75) is 238 Å². The Hall–Kier alpha value is -1.25. The van der Waals surface area contributed by atoms with E-state index in [9.17, 15) is 19.0 Å². The fourth-order valence-electron chi connectivity index (χ4n) is 6.69. The van der Waals surface area contributed by atoms with E-state index in [1.54, 1.807) is 0 Å². The SMILES string of the molecule is CCCCCCCCC=CCCCCCCCCCC(=O)OCC(COP(=O)(O)OCCN)OC(=O)CCCCCCCCCCCCCCCCCCC. The van der Waals surface area contributed by atoms with E-state index in [0.29, 0.717) is 6.42 Å². The molecule has 0 radical (unpaired) electrons. The van der Waals surface area contributed by atoms with Crippen LogP contribution >= 0.6 is 7.82 Å². The first kappa shape index (κ1) is 53.8. The maximum Gasteiger partial charge on any atom is 0.472 e. The molecule has 0 amide bonds. The minimum Gasteiger partial charge on any atom is -0.462 e. The van der Waals surface area contributed by atoms with Crippen LogP contribution in [0.5, 0.6) is 0 Å². The van der Waals surface area contributed by atoms with E-state index >= 15 is 0 Å². The molecule has 2 unspecified atom stereocenters. The smallest absolute Gasteiger partial charge is 0.462 e. The highest BCUT2D eigenvalue weighted by Gasteiger charge is 2.26. The van der Waals surface area contributed by atoms with Gasteiger partial charge in [-0.05, 0) is 38.5 Å². The number of phosphoric acid groups is 1. The van der Waals surface area contributed by atoms with E-state index in [4.69, 9.17) is 24.3 Å².